The SMILES string of the molecule is C1=CCc2ccccc2C1.C1=Cc2ccccc2CC1.O=C(O)CCc1ccccc1C(=O)O.O=C(O)Cc1ccccc1CC(=O)O.[HH].c1ccc2c(c1)CCCC2.c1ccc2ccccc2c1. The zero-order valence-electron chi connectivity index (χ0n) is 38.4. The number of fused-ring (bicyclic) bond motifs is 4. The van der Waals surface area contributed by atoms with Crippen LogP contribution in [0.5, 0.6) is 0 Å². The Morgan fingerprint density at radius 1 is 0.412 bits per heavy atom. The van der Waals surface area contributed by atoms with Gasteiger partial charge in [-0.05, 0) is 125 Å². The van der Waals surface area contributed by atoms with Crippen LogP contribution in [0.15, 0.2) is 188 Å². The number of carboxylic acid groups (broad SMARTS) is 4. The molecular weight excluding hydrogens is 849 g/mol. The Morgan fingerprint density at radius 3 is 1.28 bits per heavy atom. The highest BCUT2D eigenvalue weighted by Gasteiger charge is 2.11. The van der Waals surface area contributed by atoms with Crippen LogP contribution in [-0.2, 0) is 65.8 Å². The first-order chi connectivity index (χ1) is 33.1. The van der Waals surface area contributed by atoms with E-state index in [1.54, 1.807) is 53.6 Å². The summed E-state index contributed by atoms with van der Waals surface area (Å²) in [5.74, 6) is -3.86. The van der Waals surface area contributed by atoms with Crippen molar-refractivity contribution >= 4 is 40.7 Å². The fraction of sp³-hybridized carbons (Fsp3) is 0.200. The first kappa shape index (κ1) is 51.1. The number of aryl methyl sites for hydroxylation is 4. The molecule has 8 nitrogen and oxygen atoms in total. The molecule has 68 heavy (non-hydrogen) atoms. The first-order valence-corrected chi connectivity index (χ1v) is 23.1. The van der Waals surface area contributed by atoms with Crippen molar-refractivity contribution in [3.05, 3.63) is 244 Å². The highest BCUT2D eigenvalue weighted by atomic mass is 16.4. The number of hydrogen-bond donors (Lipinski definition) is 4. The monoisotopic (exact) mass is 910 g/mol. The molecule has 10 rings (SSSR count). The van der Waals surface area contributed by atoms with Crippen LogP contribution in [0.25, 0.3) is 16.8 Å². The molecule has 0 saturated carbocycles. The molecule has 4 N–H and O–H groups in total. The maximum atomic E-state index is 10.7. The second-order valence-corrected chi connectivity index (χ2v) is 16.4. The van der Waals surface area contributed by atoms with Crippen LogP contribution >= 0.6 is 0 Å². The van der Waals surface area contributed by atoms with E-state index >= 15 is 0 Å². The van der Waals surface area contributed by atoms with E-state index in [0.29, 0.717) is 16.7 Å². The Balaban J connectivity index is 0.000000181. The van der Waals surface area contributed by atoms with Gasteiger partial charge in [-0.2, -0.15) is 0 Å². The summed E-state index contributed by atoms with van der Waals surface area (Å²) in [6, 6.07) is 55.8. The molecule has 0 bridgehead atoms. The van der Waals surface area contributed by atoms with Gasteiger partial charge in [-0.15, -0.1) is 0 Å². The molecule has 7 aromatic carbocycles. The molecule has 0 unspecified atom stereocenters. The lowest BCUT2D eigenvalue weighted by Gasteiger charge is -2.13. The van der Waals surface area contributed by atoms with Crippen molar-refractivity contribution in [2.75, 3.05) is 0 Å². The number of rotatable bonds is 8. The van der Waals surface area contributed by atoms with Crippen LogP contribution in [-0.4, -0.2) is 44.3 Å². The standard InChI is InChI=1S/2C10H10O4.C10H12.2C10H10.C10H8.H2/c11-9(12)5-7-3-1-2-4-8(7)6-10(13)14;11-9(12)6-5-7-3-1-2-4-8(7)10(13)14;4*1-2-6-10-8-4-3-7-9(10)5-1;/h2*1-4H,5-6H2,(H,11,12)(H,13,14);1-2,5-6H,3-4,7-8H2;1-3,5-7H,4,8H2;1-6H,7-8H2;1-8H;1H. The van der Waals surface area contributed by atoms with E-state index in [4.69, 9.17) is 20.4 Å². The van der Waals surface area contributed by atoms with Crippen molar-refractivity contribution in [1.82, 2.24) is 0 Å². The number of allylic oxidation sites excluding steroid dienone is 3. The number of hydrogen-bond acceptors (Lipinski definition) is 4. The zero-order chi connectivity index (χ0) is 48.4. The minimum absolute atomic E-state index is 0. The third kappa shape index (κ3) is 17.9. The van der Waals surface area contributed by atoms with Crippen molar-refractivity contribution in [2.24, 2.45) is 0 Å². The van der Waals surface area contributed by atoms with Crippen LogP contribution in [0.2, 0.25) is 0 Å². The van der Waals surface area contributed by atoms with Crippen molar-refractivity contribution in [3.63, 3.8) is 0 Å². The third-order valence-corrected chi connectivity index (χ3v) is 11.5. The maximum absolute atomic E-state index is 10.7. The van der Waals surface area contributed by atoms with Crippen molar-refractivity contribution in [1.29, 1.82) is 0 Å². The highest BCUT2D eigenvalue weighted by molar-refractivity contribution is 5.89. The lowest BCUT2D eigenvalue weighted by molar-refractivity contribution is -0.137. The van der Waals surface area contributed by atoms with Crippen LogP contribution in [0.1, 0.15) is 87.5 Å². The quantitative estimate of drug-likeness (QED) is 0.110. The van der Waals surface area contributed by atoms with E-state index in [2.05, 4.69) is 146 Å². The smallest absolute Gasteiger partial charge is 0.335 e. The fourth-order valence-electron chi connectivity index (χ4n) is 7.98. The molecule has 350 valence electrons. The van der Waals surface area contributed by atoms with Crippen LogP contribution in [0.4, 0.5) is 0 Å². The summed E-state index contributed by atoms with van der Waals surface area (Å²) in [5.41, 5.74) is 10.9. The predicted octanol–water partition coefficient (Wildman–Crippen LogP) is 13.0. The Labute approximate surface area is 401 Å². The maximum Gasteiger partial charge on any atom is 0.335 e. The Kier molecular flexibility index (Phi) is 21.3. The number of carbonyl (C=O) groups is 4. The first-order valence-electron chi connectivity index (χ1n) is 23.1. The molecule has 3 aliphatic rings. The molecule has 0 fully saturated rings. The number of aromatic carboxylic acids is 1. The lowest BCUT2D eigenvalue weighted by Crippen LogP contribution is -2.07. The molecule has 0 amide bonds. The van der Waals surface area contributed by atoms with E-state index in [-0.39, 0.29) is 32.7 Å². The Morgan fingerprint density at radius 2 is 0.824 bits per heavy atom. The summed E-state index contributed by atoms with van der Waals surface area (Å²) in [4.78, 5) is 41.9. The number of aliphatic carboxylic acids is 3. The molecule has 0 atom stereocenters. The van der Waals surface area contributed by atoms with Crippen molar-refractivity contribution in [3.8, 4) is 0 Å². The second kappa shape index (κ2) is 28.3. The molecule has 0 aliphatic heterocycles. The van der Waals surface area contributed by atoms with E-state index in [9.17, 15) is 19.2 Å². The molecule has 0 saturated heterocycles. The largest absolute Gasteiger partial charge is 0.481 e. The van der Waals surface area contributed by atoms with Gasteiger partial charge in [-0.25, -0.2) is 4.79 Å². The molecule has 3 aliphatic carbocycles. The predicted molar refractivity (Wildman–Crippen MR) is 274 cm³/mol. The summed E-state index contributed by atoms with van der Waals surface area (Å²) < 4.78 is 0. The van der Waals surface area contributed by atoms with Gasteiger partial charge < -0.3 is 20.4 Å². The summed E-state index contributed by atoms with van der Waals surface area (Å²) in [6.45, 7) is 0. The van der Waals surface area contributed by atoms with Crippen molar-refractivity contribution in [2.45, 2.75) is 77.0 Å². The minimum Gasteiger partial charge on any atom is -0.481 e. The molecular formula is C60H62O8. The summed E-state index contributed by atoms with van der Waals surface area (Å²) >= 11 is 0. The molecule has 0 radical (unpaired) electrons. The average molecular weight is 911 g/mol. The van der Waals surface area contributed by atoms with E-state index in [1.165, 1.54) is 77.6 Å². The summed E-state index contributed by atoms with van der Waals surface area (Å²) in [6.07, 6.45) is 18.9. The number of carboxylic acids is 4. The van der Waals surface area contributed by atoms with Gasteiger partial charge in [0.05, 0.1) is 18.4 Å². The van der Waals surface area contributed by atoms with Crippen LogP contribution in [0.3, 0.4) is 0 Å². The summed E-state index contributed by atoms with van der Waals surface area (Å²) in [7, 11) is 0. The fourth-order valence-corrected chi connectivity index (χ4v) is 7.98. The lowest BCUT2D eigenvalue weighted by atomic mass is 9.92. The molecule has 0 aromatic heterocycles. The van der Waals surface area contributed by atoms with Gasteiger partial charge in [0.2, 0.25) is 0 Å². The van der Waals surface area contributed by atoms with E-state index < -0.39 is 23.9 Å². The minimum atomic E-state index is -1.02. The van der Waals surface area contributed by atoms with Gasteiger partial charge >= 0.3 is 23.9 Å². The highest BCUT2D eigenvalue weighted by Crippen LogP contribution is 2.21. The Hall–Kier alpha value is -7.84. The van der Waals surface area contributed by atoms with Crippen LogP contribution < -0.4 is 0 Å². The number of benzene rings is 7. The van der Waals surface area contributed by atoms with Gasteiger partial charge in [0.15, 0.2) is 0 Å². The van der Waals surface area contributed by atoms with E-state index in [1.807, 2.05) is 0 Å². The van der Waals surface area contributed by atoms with Gasteiger partial charge in [0, 0.05) is 7.85 Å². The second-order valence-electron chi connectivity index (χ2n) is 16.4. The van der Waals surface area contributed by atoms with Gasteiger partial charge in [0.1, 0.15) is 0 Å². The Bertz CT molecular complexity index is 2640. The van der Waals surface area contributed by atoms with E-state index in [0.717, 1.165) is 12.8 Å². The topological polar surface area (TPSA) is 149 Å². The van der Waals surface area contributed by atoms with Crippen LogP contribution in [0, 0.1) is 0 Å². The van der Waals surface area contributed by atoms with Gasteiger partial charge in [-0.1, -0.05) is 188 Å². The van der Waals surface area contributed by atoms with Gasteiger partial charge in [-0.3, -0.25) is 14.4 Å². The summed E-state index contributed by atoms with van der Waals surface area (Å²) in [5, 5.41) is 37.0. The molecule has 8 heteroatoms. The molecule has 0 heterocycles. The normalized spacial score (nSPS) is 12.2. The third-order valence-electron chi connectivity index (χ3n) is 11.5. The molecule has 7 aromatic rings. The van der Waals surface area contributed by atoms with Gasteiger partial charge in [0.25, 0.3) is 0 Å². The zero-order valence-corrected chi connectivity index (χ0v) is 38.4. The molecule has 0 spiro atoms. The average Bonchev–Trinajstić information content (AvgIpc) is 3.37. The van der Waals surface area contributed by atoms with Crippen molar-refractivity contribution < 1.29 is 41.0 Å².